The predicted molar refractivity (Wildman–Crippen MR) is 151 cm³/mol. The Morgan fingerprint density at radius 1 is 1.12 bits per heavy atom. The molecule has 3 heterocycles. The minimum absolute atomic E-state index is 0.0452. The maximum absolute atomic E-state index is 15.6. The number of carbonyl (C=O) groups excluding carboxylic acids is 2. The number of aliphatic imine (C=N–C) groups is 1. The van der Waals surface area contributed by atoms with Crippen LogP contribution in [0.1, 0.15) is 82.9 Å². The number of benzene rings is 1. The van der Waals surface area contributed by atoms with Gasteiger partial charge in [0.05, 0.1) is 45.1 Å². The lowest BCUT2D eigenvalue weighted by Gasteiger charge is -2.46. The van der Waals surface area contributed by atoms with Crippen LogP contribution in [0.5, 0.6) is 5.88 Å². The molecule has 0 bridgehead atoms. The van der Waals surface area contributed by atoms with Gasteiger partial charge in [-0.05, 0) is 72.6 Å². The van der Waals surface area contributed by atoms with E-state index in [-0.39, 0.29) is 29.9 Å². The molecule has 0 spiro atoms. The largest absolute Gasteiger partial charge is 0.477 e. The van der Waals surface area contributed by atoms with Crippen LogP contribution in [0.2, 0.25) is 0 Å². The van der Waals surface area contributed by atoms with Crippen LogP contribution in [0.25, 0.3) is 0 Å². The molecule has 0 amide bonds. The molecule has 3 atom stereocenters. The van der Waals surface area contributed by atoms with Gasteiger partial charge in [-0.25, -0.2) is 22.9 Å². The monoisotopic (exact) mass is 572 g/mol. The van der Waals surface area contributed by atoms with E-state index >= 15 is 4.39 Å². The third kappa shape index (κ3) is 5.53. The summed E-state index contributed by atoms with van der Waals surface area (Å²) >= 11 is 0. The van der Waals surface area contributed by atoms with Crippen LogP contribution in [-0.4, -0.2) is 60.4 Å². The molecule has 0 N–H and O–H groups in total. The maximum Gasteiger partial charge on any atom is 0.312 e. The number of carbonyl (C=O) groups is 2. The van der Waals surface area contributed by atoms with E-state index < -0.39 is 42.7 Å². The highest BCUT2D eigenvalue weighted by molar-refractivity contribution is 7.96. The highest BCUT2D eigenvalue weighted by Gasteiger charge is 2.57. The summed E-state index contributed by atoms with van der Waals surface area (Å²) in [5.41, 5.74) is -0.692. The lowest BCUT2D eigenvalue weighted by atomic mass is 9.84. The number of Topliss-reactive ketones (excluding diaryl/α,β-unsaturated/α-hetero) is 1. The second-order valence-electron chi connectivity index (χ2n) is 11.8. The first kappa shape index (κ1) is 29.8. The third-order valence-electron chi connectivity index (χ3n) is 7.36. The molecule has 0 unspecified atom stereocenters. The molecule has 216 valence electrons. The van der Waals surface area contributed by atoms with Gasteiger partial charge in [0.1, 0.15) is 22.7 Å². The molecule has 40 heavy (non-hydrogen) atoms. The fourth-order valence-electron chi connectivity index (χ4n) is 5.35. The third-order valence-corrected chi connectivity index (χ3v) is 11.1. The van der Waals surface area contributed by atoms with Gasteiger partial charge in [-0.2, -0.15) is 0 Å². The highest BCUT2D eigenvalue weighted by Crippen LogP contribution is 2.49. The van der Waals surface area contributed by atoms with Gasteiger partial charge in [-0.15, -0.1) is 0 Å². The van der Waals surface area contributed by atoms with Crippen LogP contribution < -0.4 is 4.74 Å². The van der Waals surface area contributed by atoms with Crippen molar-refractivity contribution in [1.82, 2.24) is 9.97 Å². The summed E-state index contributed by atoms with van der Waals surface area (Å²) < 4.78 is 44.4. The van der Waals surface area contributed by atoms with Crippen molar-refractivity contribution in [1.29, 1.82) is 0 Å². The van der Waals surface area contributed by atoms with Crippen molar-refractivity contribution in [2.24, 2.45) is 9.36 Å². The molecule has 11 heteroatoms. The molecule has 0 radical (unpaired) electrons. The van der Waals surface area contributed by atoms with Gasteiger partial charge < -0.3 is 9.47 Å². The maximum atomic E-state index is 15.6. The molecule has 9 nitrogen and oxygen atoms in total. The molecular weight excluding hydrogens is 535 g/mol. The summed E-state index contributed by atoms with van der Waals surface area (Å²) in [4.78, 5) is 39.0. The van der Waals surface area contributed by atoms with Crippen molar-refractivity contribution in [3.8, 4) is 5.88 Å². The number of ketones is 1. The molecule has 1 aromatic heterocycles. The van der Waals surface area contributed by atoms with E-state index in [2.05, 4.69) is 14.3 Å². The number of hydrogen-bond donors (Lipinski definition) is 0. The van der Waals surface area contributed by atoms with Gasteiger partial charge >= 0.3 is 5.97 Å². The Kier molecular flexibility index (Phi) is 7.92. The summed E-state index contributed by atoms with van der Waals surface area (Å²) in [6, 6.07) is 4.43. The van der Waals surface area contributed by atoms with Crippen molar-refractivity contribution in [2.45, 2.75) is 88.9 Å². The van der Waals surface area contributed by atoms with Crippen molar-refractivity contribution in [3.63, 3.8) is 0 Å². The Hall–Kier alpha value is -3.21. The lowest BCUT2D eigenvalue weighted by Crippen LogP contribution is -2.56. The number of rotatable bonds is 8. The Bertz CT molecular complexity index is 1470. The first-order valence-electron chi connectivity index (χ1n) is 13.4. The van der Waals surface area contributed by atoms with Crippen LogP contribution in [0.3, 0.4) is 0 Å². The predicted octanol–water partition coefficient (Wildman–Crippen LogP) is 4.86. The fraction of sp³-hybridized carbons (Fsp3) is 0.552. The molecule has 0 aliphatic carbocycles. The van der Waals surface area contributed by atoms with Crippen molar-refractivity contribution in [2.75, 3.05) is 13.2 Å². The zero-order chi connectivity index (χ0) is 29.5. The van der Waals surface area contributed by atoms with Crippen molar-refractivity contribution >= 4 is 27.2 Å². The average Bonchev–Trinajstić information content (AvgIpc) is 3.28. The van der Waals surface area contributed by atoms with Crippen LogP contribution in [0.15, 0.2) is 39.9 Å². The van der Waals surface area contributed by atoms with E-state index in [4.69, 9.17) is 14.5 Å². The number of hydrogen-bond acceptors (Lipinski definition) is 9. The van der Waals surface area contributed by atoms with E-state index in [1.54, 1.807) is 47.6 Å². The fourth-order valence-corrected chi connectivity index (χ4v) is 8.62. The summed E-state index contributed by atoms with van der Waals surface area (Å²) in [6.07, 6.45) is 2.97. The number of esters is 1. The Morgan fingerprint density at radius 2 is 1.85 bits per heavy atom. The smallest absolute Gasteiger partial charge is 0.312 e. The molecule has 1 aromatic carbocycles. The van der Waals surface area contributed by atoms with Crippen LogP contribution in [0.4, 0.5) is 4.39 Å². The van der Waals surface area contributed by atoms with E-state index in [1.807, 2.05) is 6.92 Å². The van der Waals surface area contributed by atoms with Gasteiger partial charge in [0.2, 0.25) is 5.88 Å². The highest BCUT2D eigenvalue weighted by atomic mass is 32.2. The van der Waals surface area contributed by atoms with Gasteiger partial charge in [0.15, 0.2) is 5.78 Å². The first-order chi connectivity index (χ1) is 18.6. The molecule has 2 aromatic rings. The number of nitrogens with zero attached hydrogens (tertiary/aromatic N) is 4. The quantitative estimate of drug-likeness (QED) is 0.327. The normalized spacial score (nSPS) is 25.4. The van der Waals surface area contributed by atoms with E-state index in [9.17, 15) is 13.8 Å². The van der Waals surface area contributed by atoms with Crippen LogP contribution >= 0.6 is 0 Å². The minimum atomic E-state index is -2.95. The summed E-state index contributed by atoms with van der Waals surface area (Å²) in [6.45, 7) is 13.2. The second kappa shape index (κ2) is 10.6. The molecule has 2 aliphatic heterocycles. The Labute approximate surface area is 235 Å². The summed E-state index contributed by atoms with van der Waals surface area (Å²) in [5, 5.41) is -0.574. The minimum Gasteiger partial charge on any atom is -0.477 e. The number of aromatic nitrogens is 2. The number of ether oxygens (including phenoxy) is 2. The van der Waals surface area contributed by atoms with E-state index in [1.165, 1.54) is 24.5 Å². The molecule has 2 aliphatic rings. The Morgan fingerprint density at radius 3 is 2.48 bits per heavy atom. The first-order valence-corrected chi connectivity index (χ1v) is 15.0. The molecular formula is C29H37FN4O5S. The second-order valence-corrected chi connectivity index (χ2v) is 14.8. The topological polar surface area (TPSA) is 120 Å². The van der Waals surface area contributed by atoms with E-state index in [0.717, 1.165) is 0 Å². The summed E-state index contributed by atoms with van der Waals surface area (Å²) in [7, 11) is -2.95. The standard InChI is InChI=1S/C29H37FN4O5S/c1-8-38-25-17-31-21(16-32-25)22(35)14-18-9-10-20(30)19(13-18)29(7)24-11-12-33-40(24,37)28(5,6)23(34-29)15-26(36)39-27(2,3)4/h9-10,13,16-17,24H,8,11-12,14-15H2,1-7H3/t24-,29+,40+/m0/s1. The van der Waals surface area contributed by atoms with Crippen LogP contribution in [-0.2, 0) is 31.2 Å². The lowest BCUT2D eigenvalue weighted by molar-refractivity contribution is -0.153. The number of halogens is 1. The average molecular weight is 573 g/mol. The molecule has 0 saturated heterocycles. The van der Waals surface area contributed by atoms with Gasteiger partial charge in [-0.3, -0.25) is 14.6 Å². The summed E-state index contributed by atoms with van der Waals surface area (Å²) in [5.74, 6) is -1.01. The number of fused-ring (bicyclic) bond motifs is 1. The van der Waals surface area contributed by atoms with E-state index in [0.29, 0.717) is 36.7 Å². The molecule has 0 saturated carbocycles. The molecule has 0 fully saturated rings. The molecule has 4 rings (SSSR count). The Balaban J connectivity index is 1.73. The SMILES string of the molecule is CCOc1cnc(C(=O)Cc2ccc(F)c([C@@]3(C)N=C(CC(=O)OC(C)(C)C)C(C)(C)[S@@]4(=O)=NCC[C@@H]34)c2)cn1. The van der Waals surface area contributed by atoms with Gasteiger partial charge in [0.25, 0.3) is 0 Å². The van der Waals surface area contributed by atoms with Gasteiger partial charge in [0, 0.05) is 24.2 Å². The van der Waals surface area contributed by atoms with Gasteiger partial charge in [-0.1, -0.05) is 6.07 Å². The zero-order valence-corrected chi connectivity index (χ0v) is 24.9. The van der Waals surface area contributed by atoms with Crippen molar-refractivity contribution in [3.05, 3.63) is 53.2 Å². The zero-order valence-electron chi connectivity index (χ0n) is 24.1. The van der Waals surface area contributed by atoms with Crippen LogP contribution in [0, 0.1) is 5.82 Å². The van der Waals surface area contributed by atoms with Crippen molar-refractivity contribution < 1.29 is 27.7 Å².